The first-order valence-electron chi connectivity index (χ1n) is 7.53. The number of rotatable bonds is 3. The lowest BCUT2D eigenvalue weighted by atomic mass is 9.80. The Morgan fingerprint density at radius 2 is 2.06 bits per heavy atom. The molecule has 2 fully saturated rings. The molecule has 100 valence electrons. The predicted octanol–water partition coefficient (Wildman–Crippen LogP) is 3.45. The van der Waals surface area contributed by atoms with Crippen LogP contribution in [-0.2, 0) is 0 Å². The molecule has 1 saturated carbocycles. The summed E-state index contributed by atoms with van der Waals surface area (Å²) in [5.74, 6) is 0.874. The molecule has 0 bridgehead atoms. The third-order valence-electron chi connectivity index (χ3n) is 4.94. The van der Waals surface area contributed by atoms with Gasteiger partial charge in [-0.15, -0.1) is 0 Å². The van der Waals surface area contributed by atoms with Gasteiger partial charge in [0.2, 0.25) is 0 Å². The van der Waals surface area contributed by atoms with E-state index in [1.54, 1.807) is 0 Å². The largest absolute Gasteiger partial charge is 0.330 e. The van der Waals surface area contributed by atoms with Crippen molar-refractivity contribution < 1.29 is 0 Å². The smallest absolute Gasteiger partial charge is 0.0951 e. The predicted molar refractivity (Wildman–Crippen MR) is 73.5 cm³/mol. The van der Waals surface area contributed by atoms with Crippen molar-refractivity contribution in [1.82, 2.24) is 14.9 Å². The molecule has 3 atom stereocenters. The summed E-state index contributed by atoms with van der Waals surface area (Å²) in [6.07, 6.45) is 12.2. The lowest BCUT2D eigenvalue weighted by Gasteiger charge is -2.35. The van der Waals surface area contributed by atoms with E-state index in [0.717, 1.165) is 5.92 Å². The molecule has 2 heterocycles. The Morgan fingerprint density at radius 1 is 1.28 bits per heavy atom. The van der Waals surface area contributed by atoms with Gasteiger partial charge in [-0.3, -0.25) is 0 Å². The maximum absolute atomic E-state index is 4.41. The Labute approximate surface area is 110 Å². The van der Waals surface area contributed by atoms with Gasteiger partial charge in [-0.05, 0) is 51.9 Å². The molecule has 3 rings (SSSR count). The summed E-state index contributed by atoms with van der Waals surface area (Å²) in [4.78, 5) is 4.41. The SMILES string of the molecule is CC1CCCC(c2cncn2C(C)C2CCC2)N1. The zero-order chi connectivity index (χ0) is 12.5. The Morgan fingerprint density at radius 3 is 2.72 bits per heavy atom. The highest BCUT2D eigenvalue weighted by atomic mass is 15.1. The number of hydrogen-bond acceptors (Lipinski definition) is 2. The lowest BCUT2D eigenvalue weighted by molar-refractivity contribution is 0.213. The third-order valence-corrected chi connectivity index (χ3v) is 4.94. The number of imidazole rings is 1. The Hall–Kier alpha value is -0.830. The fraction of sp³-hybridized carbons (Fsp3) is 0.800. The maximum atomic E-state index is 4.41. The minimum atomic E-state index is 0.513. The van der Waals surface area contributed by atoms with Crippen molar-refractivity contribution in [3.05, 3.63) is 18.2 Å². The number of nitrogens with zero attached hydrogens (tertiary/aromatic N) is 2. The summed E-state index contributed by atoms with van der Waals surface area (Å²) in [6.45, 7) is 4.66. The summed E-state index contributed by atoms with van der Waals surface area (Å²) >= 11 is 0. The molecule has 1 aliphatic carbocycles. The Bertz CT molecular complexity index is 394. The van der Waals surface area contributed by atoms with Crippen molar-refractivity contribution >= 4 is 0 Å². The zero-order valence-electron chi connectivity index (χ0n) is 11.6. The standard InChI is InChI=1S/C15H25N3/c1-11-5-3-8-14(17-11)15-9-16-10-18(15)12(2)13-6-4-7-13/h9-14,17H,3-8H2,1-2H3. The van der Waals surface area contributed by atoms with E-state index in [-0.39, 0.29) is 0 Å². The van der Waals surface area contributed by atoms with E-state index in [4.69, 9.17) is 0 Å². The molecule has 0 aromatic carbocycles. The van der Waals surface area contributed by atoms with Gasteiger partial charge >= 0.3 is 0 Å². The van der Waals surface area contributed by atoms with Crippen LogP contribution in [0.4, 0.5) is 0 Å². The molecule has 0 radical (unpaired) electrons. The van der Waals surface area contributed by atoms with Crippen molar-refractivity contribution in [2.45, 2.75) is 70.5 Å². The van der Waals surface area contributed by atoms with Gasteiger partial charge in [0.1, 0.15) is 0 Å². The van der Waals surface area contributed by atoms with Crippen LogP contribution in [-0.4, -0.2) is 15.6 Å². The lowest BCUT2D eigenvalue weighted by Crippen LogP contribution is -2.36. The van der Waals surface area contributed by atoms with Crippen LogP contribution < -0.4 is 5.32 Å². The van der Waals surface area contributed by atoms with Gasteiger partial charge in [0.05, 0.1) is 12.0 Å². The van der Waals surface area contributed by atoms with Gasteiger partial charge < -0.3 is 9.88 Å². The highest BCUT2D eigenvalue weighted by molar-refractivity contribution is 5.09. The summed E-state index contributed by atoms with van der Waals surface area (Å²) in [7, 11) is 0. The van der Waals surface area contributed by atoms with Gasteiger partial charge in [0.15, 0.2) is 0 Å². The second-order valence-electron chi connectivity index (χ2n) is 6.21. The van der Waals surface area contributed by atoms with E-state index in [1.165, 1.54) is 44.2 Å². The molecule has 1 saturated heterocycles. The topological polar surface area (TPSA) is 29.9 Å². The number of nitrogens with one attached hydrogen (secondary N) is 1. The summed E-state index contributed by atoms with van der Waals surface area (Å²) in [5.41, 5.74) is 1.40. The van der Waals surface area contributed by atoms with E-state index >= 15 is 0 Å². The fourth-order valence-corrected chi connectivity index (χ4v) is 3.45. The van der Waals surface area contributed by atoms with E-state index in [2.05, 4.69) is 34.9 Å². The quantitative estimate of drug-likeness (QED) is 0.886. The van der Waals surface area contributed by atoms with Crippen LogP contribution >= 0.6 is 0 Å². The van der Waals surface area contributed by atoms with Crippen molar-refractivity contribution in [3.63, 3.8) is 0 Å². The number of aromatic nitrogens is 2. The summed E-state index contributed by atoms with van der Waals surface area (Å²) in [5, 5.41) is 3.73. The van der Waals surface area contributed by atoms with Crippen molar-refractivity contribution in [2.24, 2.45) is 5.92 Å². The van der Waals surface area contributed by atoms with Crippen LogP contribution in [0.15, 0.2) is 12.5 Å². The number of hydrogen-bond donors (Lipinski definition) is 1. The second-order valence-corrected chi connectivity index (χ2v) is 6.21. The minimum Gasteiger partial charge on any atom is -0.330 e. The first-order chi connectivity index (χ1) is 8.75. The number of piperidine rings is 1. The Kier molecular flexibility index (Phi) is 3.42. The average molecular weight is 247 g/mol. The van der Waals surface area contributed by atoms with Crippen molar-refractivity contribution in [1.29, 1.82) is 0 Å². The molecule has 3 heteroatoms. The average Bonchev–Trinajstić information content (AvgIpc) is 2.75. The van der Waals surface area contributed by atoms with Crippen LogP contribution in [0, 0.1) is 5.92 Å². The van der Waals surface area contributed by atoms with Crippen LogP contribution in [0.25, 0.3) is 0 Å². The third kappa shape index (κ3) is 2.20. The molecule has 18 heavy (non-hydrogen) atoms. The fourth-order valence-electron chi connectivity index (χ4n) is 3.45. The highest BCUT2D eigenvalue weighted by Crippen LogP contribution is 2.38. The van der Waals surface area contributed by atoms with Crippen LogP contribution in [0.5, 0.6) is 0 Å². The van der Waals surface area contributed by atoms with Crippen LogP contribution in [0.1, 0.15) is 70.2 Å². The molecule has 0 spiro atoms. The van der Waals surface area contributed by atoms with Crippen molar-refractivity contribution in [2.75, 3.05) is 0 Å². The van der Waals surface area contributed by atoms with E-state index in [0.29, 0.717) is 18.1 Å². The summed E-state index contributed by atoms with van der Waals surface area (Å²) in [6, 6.07) is 1.78. The van der Waals surface area contributed by atoms with Crippen LogP contribution in [0.3, 0.4) is 0 Å². The van der Waals surface area contributed by atoms with Crippen LogP contribution in [0.2, 0.25) is 0 Å². The zero-order valence-corrected chi connectivity index (χ0v) is 11.6. The maximum Gasteiger partial charge on any atom is 0.0951 e. The van der Waals surface area contributed by atoms with Gasteiger partial charge in [-0.1, -0.05) is 6.42 Å². The molecular formula is C15H25N3. The van der Waals surface area contributed by atoms with E-state index in [1.807, 2.05) is 6.33 Å². The van der Waals surface area contributed by atoms with Gasteiger partial charge in [0, 0.05) is 24.3 Å². The second kappa shape index (κ2) is 5.04. The normalized spacial score (nSPS) is 31.0. The molecule has 1 aromatic heterocycles. The van der Waals surface area contributed by atoms with Gasteiger partial charge in [-0.25, -0.2) is 4.98 Å². The van der Waals surface area contributed by atoms with Gasteiger partial charge in [-0.2, -0.15) is 0 Å². The minimum absolute atomic E-state index is 0.513. The molecule has 0 amide bonds. The molecule has 3 nitrogen and oxygen atoms in total. The van der Waals surface area contributed by atoms with E-state index < -0.39 is 0 Å². The van der Waals surface area contributed by atoms with Gasteiger partial charge in [0.25, 0.3) is 0 Å². The molecule has 3 unspecified atom stereocenters. The molecule has 1 aromatic rings. The van der Waals surface area contributed by atoms with Crippen molar-refractivity contribution in [3.8, 4) is 0 Å². The summed E-state index contributed by atoms with van der Waals surface area (Å²) < 4.78 is 2.43. The monoisotopic (exact) mass is 247 g/mol. The Balaban J connectivity index is 1.77. The molecule has 1 aliphatic heterocycles. The molecule has 2 aliphatic rings. The first kappa shape index (κ1) is 12.2. The van der Waals surface area contributed by atoms with E-state index in [9.17, 15) is 0 Å². The highest BCUT2D eigenvalue weighted by Gasteiger charge is 2.29. The first-order valence-corrected chi connectivity index (χ1v) is 7.53. The molecule has 1 N–H and O–H groups in total. The molecular weight excluding hydrogens is 222 g/mol.